The molecular weight excluding hydrogens is 306 g/mol. The Kier molecular flexibility index (Phi) is 7.16. The molecule has 8 heteroatoms. The topological polar surface area (TPSA) is 100 Å². The molecule has 0 amide bonds. The number of aliphatic hydroxyl groups excluding tert-OH is 1. The van der Waals surface area contributed by atoms with Crippen molar-refractivity contribution in [2.45, 2.75) is 32.9 Å². The molecule has 0 saturated carbocycles. The largest absolute Gasteiger partial charge is 0.386 e. The molecule has 0 aliphatic rings. The molecule has 2 aromatic heterocycles. The lowest BCUT2D eigenvalue weighted by molar-refractivity contribution is 0.187. The molecule has 1 atom stereocenters. The Morgan fingerprint density at radius 3 is 2.79 bits per heavy atom. The number of aliphatic hydroxyl groups is 1. The summed E-state index contributed by atoms with van der Waals surface area (Å²) >= 11 is 0. The summed E-state index contributed by atoms with van der Waals surface area (Å²) in [6.07, 6.45) is 5.27. The van der Waals surface area contributed by atoms with Gasteiger partial charge in [-0.15, -0.1) is 10.2 Å². The lowest BCUT2D eigenvalue weighted by atomic mass is 10.1. The van der Waals surface area contributed by atoms with E-state index < -0.39 is 6.10 Å². The van der Waals surface area contributed by atoms with E-state index in [0.717, 1.165) is 30.9 Å². The van der Waals surface area contributed by atoms with Crippen LogP contribution in [0.5, 0.6) is 0 Å². The van der Waals surface area contributed by atoms with Gasteiger partial charge in [0.05, 0.1) is 12.6 Å². The first kappa shape index (κ1) is 17.9. The standard InChI is InChI=1S/C16H25N7O/c1-3-15-22-21-12-23(15)10-9-19-16(18-4-2)20-11-14(24)13-5-7-17-8-6-13/h5-8,12,14,24H,3-4,9-11H2,1-2H3,(H2,18,19,20). The molecule has 0 aliphatic carbocycles. The van der Waals surface area contributed by atoms with Crippen molar-refractivity contribution in [3.05, 3.63) is 42.2 Å². The quantitative estimate of drug-likeness (QED) is 0.482. The molecule has 3 N–H and O–H groups in total. The van der Waals surface area contributed by atoms with Crippen LogP contribution in [0.3, 0.4) is 0 Å². The average Bonchev–Trinajstić information content (AvgIpc) is 3.07. The monoisotopic (exact) mass is 331 g/mol. The summed E-state index contributed by atoms with van der Waals surface area (Å²) in [5.41, 5.74) is 0.807. The first-order valence-electron chi connectivity index (χ1n) is 8.21. The minimum atomic E-state index is -0.645. The number of aryl methyl sites for hydroxylation is 1. The summed E-state index contributed by atoms with van der Waals surface area (Å²) in [4.78, 5) is 8.38. The Morgan fingerprint density at radius 1 is 1.29 bits per heavy atom. The van der Waals surface area contributed by atoms with Gasteiger partial charge in [-0.3, -0.25) is 9.98 Å². The van der Waals surface area contributed by atoms with Crippen molar-refractivity contribution in [2.24, 2.45) is 4.99 Å². The van der Waals surface area contributed by atoms with Gasteiger partial charge in [0.2, 0.25) is 0 Å². The maximum atomic E-state index is 10.2. The van der Waals surface area contributed by atoms with Gasteiger partial charge >= 0.3 is 0 Å². The van der Waals surface area contributed by atoms with Gasteiger partial charge in [0, 0.05) is 38.4 Å². The van der Waals surface area contributed by atoms with Crippen LogP contribution in [0.1, 0.15) is 31.3 Å². The number of guanidine groups is 1. The number of hydrogen-bond acceptors (Lipinski definition) is 5. The van der Waals surface area contributed by atoms with Gasteiger partial charge in [-0.2, -0.15) is 0 Å². The third-order valence-electron chi connectivity index (χ3n) is 3.51. The minimum Gasteiger partial charge on any atom is -0.386 e. The van der Waals surface area contributed by atoms with Crippen molar-refractivity contribution < 1.29 is 5.11 Å². The van der Waals surface area contributed by atoms with Gasteiger partial charge < -0.3 is 20.3 Å². The van der Waals surface area contributed by atoms with Crippen molar-refractivity contribution >= 4 is 5.96 Å². The molecule has 0 saturated heterocycles. The SMILES string of the molecule is CCNC(=NCC(O)c1ccncc1)NCCn1cnnc1CC. The van der Waals surface area contributed by atoms with Crippen LogP contribution >= 0.6 is 0 Å². The van der Waals surface area contributed by atoms with Crippen molar-refractivity contribution in [1.29, 1.82) is 0 Å². The molecule has 0 radical (unpaired) electrons. The summed E-state index contributed by atoms with van der Waals surface area (Å²) in [5, 5.41) is 24.6. The van der Waals surface area contributed by atoms with Gasteiger partial charge in [-0.05, 0) is 24.6 Å². The molecule has 1 unspecified atom stereocenters. The van der Waals surface area contributed by atoms with E-state index in [0.29, 0.717) is 12.5 Å². The zero-order valence-corrected chi connectivity index (χ0v) is 14.2. The van der Waals surface area contributed by atoms with E-state index in [4.69, 9.17) is 0 Å². The highest BCUT2D eigenvalue weighted by atomic mass is 16.3. The lowest BCUT2D eigenvalue weighted by Gasteiger charge is -2.14. The number of aromatic nitrogens is 4. The summed E-state index contributed by atoms with van der Waals surface area (Å²) in [5.74, 6) is 1.64. The maximum absolute atomic E-state index is 10.2. The molecular formula is C16H25N7O. The van der Waals surface area contributed by atoms with Crippen LogP contribution < -0.4 is 10.6 Å². The van der Waals surface area contributed by atoms with Crippen LogP contribution in [-0.2, 0) is 13.0 Å². The van der Waals surface area contributed by atoms with Gasteiger partial charge in [0.15, 0.2) is 5.96 Å². The van der Waals surface area contributed by atoms with E-state index >= 15 is 0 Å². The van der Waals surface area contributed by atoms with E-state index in [-0.39, 0.29) is 6.54 Å². The normalized spacial score (nSPS) is 12.9. The van der Waals surface area contributed by atoms with Crippen LogP contribution in [0.2, 0.25) is 0 Å². The zero-order valence-electron chi connectivity index (χ0n) is 14.2. The number of rotatable bonds is 8. The fraction of sp³-hybridized carbons (Fsp3) is 0.500. The van der Waals surface area contributed by atoms with E-state index in [9.17, 15) is 5.11 Å². The van der Waals surface area contributed by atoms with Crippen molar-refractivity contribution in [1.82, 2.24) is 30.4 Å². The lowest BCUT2D eigenvalue weighted by Crippen LogP contribution is -2.39. The van der Waals surface area contributed by atoms with Crippen molar-refractivity contribution in [3.63, 3.8) is 0 Å². The predicted octanol–water partition coefficient (Wildman–Crippen LogP) is 0.524. The van der Waals surface area contributed by atoms with Crippen LogP contribution in [0.25, 0.3) is 0 Å². The van der Waals surface area contributed by atoms with E-state index in [1.165, 1.54) is 0 Å². The van der Waals surface area contributed by atoms with Crippen LogP contribution in [-0.4, -0.2) is 50.4 Å². The van der Waals surface area contributed by atoms with Gasteiger partial charge in [0.25, 0.3) is 0 Å². The molecule has 0 aromatic carbocycles. The molecule has 8 nitrogen and oxygen atoms in total. The molecule has 2 heterocycles. The first-order valence-corrected chi connectivity index (χ1v) is 8.21. The fourth-order valence-electron chi connectivity index (χ4n) is 2.24. The van der Waals surface area contributed by atoms with Crippen LogP contribution in [0, 0.1) is 0 Å². The number of nitrogens with zero attached hydrogens (tertiary/aromatic N) is 5. The Balaban J connectivity index is 1.86. The Hall–Kier alpha value is -2.48. The Labute approximate surface area is 142 Å². The Morgan fingerprint density at radius 2 is 2.08 bits per heavy atom. The molecule has 0 spiro atoms. The predicted molar refractivity (Wildman–Crippen MR) is 92.6 cm³/mol. The zero-order chi connectivity index (χ0) is 17.2. The second-order valence-corrected chi connectivity index (χ2v) is 5.24. The third kappa shape index (κ3) is 5.31. The van der Waals surface area contributed by atoms with Gasteiger partial charge in [-0.25, -0.2) is 0 Å². The summed E-state index contributed by atoms with van der Waals surface area (Å²) in [6.45, 7) is 6.55. The maximum Gasteiger partial charge on any atom is 0.191 e. The molecule has 0 fully saturated rings. The highest BCUT2D eigenvalue weighted by molar-refractivity contribution is 5.79. The summed E-state index contributed by atoms with van der Waals surface area (Å²) < 4.78 is 2.02. The second kappa shape index (κ2) is 9.61. The highest BCUT2D eigenvalue weighted by Gasteiger charge is 2.07. The second-order valence-electron chi connectivity index (χ2n) is 5.24. The van der Waals surface area contributed by atoms with Crippen molar-refractivity contribution in [2.75, 3.05) is 19.6 Å². The fourth-order valence-corrected chi connectivity index (χ4v) is 2.24. The van der Waals surface area contributed by atoms with Gasteiger partial charge in [-0.1, -0.05) is 6.92 Å². The average molecular weight is 331 g/mol. The summed E-state index contributed by atoms with van der Waals surface area (Å²) in [6, 6.07) is 3.58. The van der Waals surface area contributed by atoms with E-state index in [1.54, 1.807) is 30.9 Å². The molecule has 24 heavy (non-hydrogen) atoms. The van der Waals surface area contributed by atoms with Crippen molar-refractivity contribution in [3.8, 4) is 0 Å². The smallest absolute Gasteiger partial charge is 0.191 e. The number of aliphatic imine (C=N–C) groups is 1. The molecule has 2 aromatic rings. The molecule has 2 rings (SSSR count). The van der Waals surface area contributed by atoms with Crippen LogP contribution in [0.15, 0.2) is 35.8 Å². The summed E-state index contributed by atoms with van der Waals surface area (Å²) in [7, 11) is 0. The Bertz CT molecular complexity index is 626. The molecule has 130 valence electrons. The first-order chi connectivity index (χ1) is 11.7. The van der Waals surface area contributed by atoms with Gasteiger partial charge in [0.1, 0.15) is 12.2 Å². The number of nitrogens with one attached hydrogen (secondary N) is 2. The number of pyridine rings is 1. The minimum absolute atomic E-state index is 0.284. The molecule has 0 aliphatic heterocycles. The third-order valence-corrected chi connectivity index (χ3v) is 3.51. The van der Waals surface area contributed by atoms with Crippen LogP contribution in [0.4, 0.5) is 0 Å². The van der Waals surface area contributed by atoms with E-state index in [2.05, 4.69) is 37.7 Å². The number of hydrogen-bond donors (Lipinski definition) is 3. The molecule has 0 bridgehead atoms. The van der Waals surface area contributed by atoms with E-state index in [1.807, 2.05) is 11.5 Å². The highest BCUT2D eigenvalue weighted by Crippen LogP contribution is 2.10.